The quantitative estimate of drug-likeness (QED) is 0.870. The van der Waals surface area contributed by atoms with Gasteiger partial charge in [0, 0.05) is 19.2 Å². The molecule has 1 fully saturated rings. The summed E-state index contributed by atoms with van der Waals surface area (Å²) < 4.78 is 0. The van der Waals surface area contributed by atoms with Crippen LogP contribution in [0.4, 0.5) is 5.69 Å². The van der Waals surface area contributed by atoms with Crippen LogP contribution in [-0.2, 0) is 9.59 Å². The summed E-state index contributed by atoms with van der Waals surface area (Å²) in [5, 5.41) is 2.90. The summed E-state index contributed by atoms with van der Waals surface area (Å²) in [6, 6.07) is 5.83. The number of nitrogens with zero attached hydrogens (tertiary/aromatic N) is 1. The fourth-order valence-corrected chi connectivity index (χ4v) is 3.20. The van der Waals surface area contributed by atoms with Gasteiger partial charge >= 0.3 is 0 Å². The minimum absolute atomic E-state index is 0.0630. The number of carbonyl (C=O) groups excluding carboxylic acids is 2. The van der Waals surface area contributed by atoms with E-state index >= 15 is 0 Å². The molecule has 1 aromatic rings. The predicted octanol–water partition coefficient (Wildman–Crippen LogP) is 3.67. The first-order valence-electron chi connectivity index (χ1n) is 8.57. The summed E-state index contributed by atoms with van der Waals surface area (Å²) >= 11 is 0. The molecule has 126 valence electrons. The molecule has 1 aromatic carbocycles. The molecule has 1 saturated carbocycles. The van der Waals surface area contributed by atoms with Gasteiger partial charge in [0.1, 0.15) is 0 Å². The first kappa shape index (κ1) is 17.5. The number of hydrogen-bond donors (Lipinski definition) is 1. The van der Waals surface area contributed by atoms with Gasteiger partial charge in [0.15, 0.2) is 0 Å². The van der Waals surface area contributed by atoms with Gasteiger partial charge in [-0.2, -0.15) is 0 Å². The Hall–Kier alpha value is -1.84. The van der Waals surface area contributed by atoms with Crippen LogP contribution >= 0.6 is 0 Å². The average molecular weight is 316 g/mol. The molecule has 0 atom stereocenters. The summed E-state index contributed by atoms with van der Waals surface area (Å²) in [7, 11) is 1.71. The number of aryl methyl sites for hydroxylation is 1. The van der Waals surface area contributed by atoms with E-state index in [2.05, 4.69) is 5.32 Å². The first-order chi connectivity index (χ1) is 11.0. The Bertz CT molecular complexity index is 562. The van der Waals surface area contributed by atoms with Crippen molar-refractivity contribution < 1.29 is 9.59 Å². The van der Waals surface area contributed by atoms with Crippen molar-refractivity contribution in [1.82, 2.24) is 4.90 Å². The summed E-state index contributed by atoms with van der Waals surface area (Å²) in [6.45, 7) is 4.11. The third-order valence-electron chi connectivity index (χ3n) is 4.93. The largest absolute Gasteiger partial charge is 0.336 e. The highest BCUT2D eigenvalue weighted by atomic mass is 16.2. The van der Waals surface area contributed by atoms with Crippen molar-refractivity contribution in [3.05, 3.63) is 29.3 Å². The summed E-state index contributed by atoms with van der Waals surface area (Å²) in [4.78, 5) is 25.8. The second-order valence-electron chi connectivity index (χ2n) is 6.73. The molecule has 0 unspecified atom stereocenters. The zero-order chi connectivity index (χ0) is 16.8. The van der Waals surface area contributed by atoms with Gasteiger partial charge in [-0.15, -0.1) is 0 Å². The molecule has 0 saturated heterocycles. The third kappa shape index (κ3) is 5.08. The molecule has 2 rings (SSSR count). The molecular formula is C19H28N2O2. The normalized spacial score (nSPS) is 14.7. The van der Waals surface area contributed by atoms with Gasteiger partial charge in [-0.25, -0.2) is 0 Å². The predicted molar refractivity (Wildman–Crippen MR) is 93.4 cm³/mol. The Kier molecular flexibility index (Phi) is 6.20. The van der Waals surface area contributed by atoms with Gasteiger partial charge in [0.2, 0.25) is 11.8 Å². The SMILES string of the molecule is Cc1cccc(NC(=O)CN(C)C(=O)CCC2CCCC2)c1C. The minimum Gasteiger partial charge on any atom is -0.336 e. The maximum absolute atomic E-state index is 12.2. The minimum atomic E-state index is -0.143. The summed E-state index contributed by atoms with van der Waals surface area (Å²) in [5.41, 5.74) is 3.03. The number of carbonyl (C=O) groups is 2. The lowest BCUT2D eigenvalue weighted by molar-refractivity contribution is -0.133. The van der Waals surface area contributed by atoms with E-state index in [-0.39, 0.29) is 18.4 Å². The highest BCUT2D eigenvalue weighted by molar-refractivity contribution is 5.95. The van der Waals surface area contributed by atoms with Gasteiger partial charge < -0.3 is 10.2 Å². The molecule has 2 amide bonds. The van der Waals surface area contributed by atoms with Crippen molar-refractivity contribution in [2.45, 2.75) is 52.4 Å². The van der Waals surface area contributed by atoms with Gasteiger partial charge in [-0.3, -0.25) is 9.59 Å². The van der Waals surface area contributed by atoms with Crippen LogP contribution in [0.25, 0.3) is 0 Å². The number of hydrogen-bond acceptors (Lipinski definition) is 2. The monoisotopic (exact) mass is 316 g/mol. The van der Waals surface area contributed by atoms with Gasteiger partial charge in [-0.05, 0) is 43.4 Å². The van der Waals surface area contributed by atoms with E-state index in [9.17, 15) is 9.59 Å². The van der Waals surface area contributed by atoms with Crippen LogP contribution < -0.4 is 5.32 Å². The zero-order valence-corrected chi connectivity index (χ0v) is 14.5. The van der Waals surface area contributed by atoms with E-state index in [4.69, 9.17) is 0 Å². The molecule has 0 spiro atoms. The van der Waals surface area contributed by atoms with Crippen LogP contribution in [0.15, 0.2) is 18.2 Å². The molecule has 4 nitrogen and oxygen atoms in total. The summed E-state index contributed by atoms with van der Waals surface area (Å²) in [5.74, 6) is 0.625. The number of benzene rings is 1. The van der Waals surface area contributed by atoms with Crippen LogP contribution in [0.2, 0.25) is 0 Å². The number of nitrogens with one attached hydrogen (secondary N) is 1. The smallest absolute Gasteiger partial charge is 0.243 e. The highest BCUT2D eigenvalue weighted by Gasteiger charge is 2.19. The van der Waals surface area contributed by atoms with Crippen LogP contribution in [-0.4, -0.2) is 30.3 Å². The average Bonchev–Trinajstić information content (AvgIpc) is 3.02. The topological polar surface area (TPSA) is 49.4 Å². The van der Waals surface area contributed by atoms with Crippen LogP contribution in [0.5, 0.6) is 0 Å². The number of rotatable bonds is 6. The van der Waals surface area contributed by atoms with Crippen molar-refractivity contribution >= 4 is 17.5 Å². The van der Waals surface area contributed by atoms with Crippen molar-refractivity contribution in [3.63, 3.8) is 0 Å². The molecule has 23 heavy (non-hydrogen) atoms. The number of amides is 2. The Morgan fingerprint density at radius 2 is 1.91 bits per heavy atom. The van der Waals surface area contributed by atoms with Crippen molar-refractivity contribution in [2.75, 3.05) is 18.9 Å². The molecule has 0 radical (unpaired) electrons. The van der Waals surface area contributed by atoms with Gasteiger partial charge in [-0.1, -0.05) is 37.8 Å². The van der Waals surface area contributed by atoms with Gasteiger partial charge in [0.25, 0.3) is 0 Å². The fourth-order valence-electron chi connectivity index (χ4n) is 3.20. The van der Waals surface area contributed by atoms with E-state index in [0.29, 0.717) is 12.3 Å². The van der Waals surface area contributed by atoms with E-state index in [0.717, 1.165) is 23.2 Å². The third-order valence-corrected chi connectivity index (χ3v) is 4.93. The zero-order valence-electron chi connectivity index (χ0n) is 14.5. The first-order valence-corrected chi connectivity index (χ1v) is 8.57. The maximum atomic E-state index is 12.2. The lowest BCUT2D eigenvalue weighted by Gasteiger charge is -2.18. The maximum Gasteiger partial charge on any atom is 0.243 e. The van der Waals surface area contributed by atoms with Crippen molar-refractivity contribution in [2.24, 2.45) is 5.92 Å². The molecule has 0 aliphatic heterocycles. The fraction of sp³-hybridized carbons (Fsp3) is 0.579. The lowest BCUT2D eigenvalue weighted by atomic mass is 10.0. The van der Waals surface area contributed by atoms with E-state index in [1.54, 1.807) is 7.05 Å². The van der Waals surface area contributed by atoms with Crippen molar-refractivity contribution in [1.29, 1.82) is 0 Å². The van der Waals surface area contributed by atoms with Gasteiger partial charge in [0.05, 0.1) is 6.54 Å². The molecule has 1 N–H and O–H groups in total. The highest BCUT2D eigenvalue weighted by Crippen LogP contribution is 2.28. The molecule has 0 bridgehead atoms. The van der Waals surface area contributed by atoms with E-state index in [1.807, 2.05) is 32.0 Å². The lowest BCUT2D eigenvalue weighted by Crippen LogP contribution is -2.35. The van der Waals surface area contributed by atoms with Crippen molar-refractivity contribution in [3.8, 4) is 0 Å². The van der Waals surface area contributed by atoms with Crippen LogP contribution in [0.1, 0.15) is 49.7 Å². The molecule has 1 aliphatic rings. The molecule has 4 heteroatoms. The number of likely N-dealkylation sites (N-methyl/N-ethyl adjacent to an activating group) is 1. The van der Waals surface area contributed by atoms with E-state index in [1.165, 1.54) is 30.6 Å². The Labute approximate surface area is 139 Å². The molecule has 1 aliphatic carbocycles. The Balaban J connectivity index is 1.79. The van der Waals surface area contributed by atoms with Crippen LogP contribution in [0, 0.1) is 19.8 Å². The van der Waals surface area contributed by atoms with Crippen LogP contribution in [0.3, 0.4) is 0 Å². The second-order valence-corrected chi connectivity index (χ2v) is 6.73. The second kappa shape index (κ2) is 8.14. The Morgan fingerprint density at radius 1 is 1.22 bits per heavy atom. The number of anilines is 1. The molecular weight excluding hydrogens is 288 g/mol. The summed E-state index contributed by atoms with van der Waals surface area (Å²) in [6.07, 6.45) is 6.62. The standard InChI is InChI=1S/C19H28N2O2/c1-14-7-6-10-17(15(14)2)20-18(22)13-21(3)19(23)12-11-16-8-4-5-9-16/h6-7,10,16H,4-5,8-9,11-13H2,1-3H3,(H,20,22). The molecule has 0 aromatic heterocycles. The Morgan fingerprint density at radius 3 is 2.61 bits per heavy atom. The molecule has 0 heterocycles. The van der Waals surface area contributed by atoms with E-state index < -0.39 is 0 Å².